The number of carbonyl (C=O) groups is 1. The van der Waals surface area contributed by atoms with Crippen molar-refractivity contribution in [3.8, 4) is 0 Å². The van der Waals surface area contributed by atoms with Gasteiger partial charge < -0.3 is 29.0 Å². The van der Waals surface area contributed by atoms with Gasteiger partial charge in [0.25, 0.3) is 0 Å². The van der Waals surface area contributed by atoms with Crippen LogP contribution >= 0.6 is 0 Å². The SMILES string of the molecule is C=CC[C@@H](C[C@H]1O[C@@H](OC)[C@@H]2OC(C)(C)O[C@@H]21)NC(=O)OCc1ccccc1. The first-order valence-electron chi connectivity index (χ1n) is 9.54. The molecule has 0 bridgehead atoms. The molecule has 2 aliphatic rings. The van der Waals surface area contributed by atoms with Gasteiger partial charge >= 0.3 is 6.09 Å². The van der Waals surface area contributed by atoms with Crippen LogP contribution in [0.3, 0.4) is 0 Å². The monoisotopic (exact) mass is 391 g/mol. The highest BCUT2D eigenvalue weighted by Crippen LogP contribution is 2.40. The number of rotatable bonds is 8. The first-order chi connectivity index (χ1) is 13.4. The largest absolute Gasteiger partial charge is 0.445 e. The van der Waals surface area contributed by atoms with E-state index in [4.69, 9.17) is 23.7 Å². The molecule has 0 spiro atoms. The summed E-state index contributed by atoms with van der Waals surface area (Å²) < 4.78 is 28.6. The van der Waals surface area contributed by atoms with Gasteiger partial charge in [0.1, 0.15) is 18.8 Å². The molecule has 1 aromatic rings. The van der Waals surface area contributed by atoms with Crippen LogP contribution in [0.15, 0.2) is 43.0 Å². The number of alkyl carbamates (subject to hydrolysis) is 1. The fourth-order valence-corrected chi connectivity index (χ4v) is 3.65. The Bertz CT molecular complexity index is 664. The summed E-state index contributed by atoms with van der Waals surface area (Å²) in [5, 5.41) is 2.90. The molecule has 1 N–H and O–H groups in total. The molecule has 7 nitrogen and oxygen atoms in total. The minimum absolute atomic E-state index is 0.200. The number of nitrogens with one attached hydrogen (secondary N) is 1. The molecule has 1 aromatic carbocycles. The van der Waals surface area contributed by atoms with Gasteiger partial charge in [0.2, 0.25) is 0 Å². The first-order valence-corrected chi connectivity index (χ1v) is 9.54. The molecule has 5 atom stereocenters. The van der Waals surface area contributed by atoms with Crippen LogP contribution in [0.1, 0.15) is 32.3 Å². The number of hydrogen-bond donors (Lipinski definition) is 1. The zero-order valence-corrected chi connectivity index (χ0v) is 16.6. The summed E-state index contributed by atoms with van der Waals surface area (Å²) in [5.74, 6) is -0.690. The third-order valence-corrected chi connectivity index (χ3v) is 4.84. The van der Waals surface area contributed by atoms with E-state index < -0.39 is 18.2 Å². The second-order valence-electron chi connectivity index (χ2n) is 7.51. The van der Waals surface area contributed by atoms with Crippen LogP contribution in [0.5, 0.6) is 0 Å². The molecule has 1 amide bonds. The molecule has 0 unspecified atom stereocenters. The first kappa shape index (κ1) is 20.8. The minimum atomic E-state index is -0.690. The van der Waals surface area contributed by atoms with Gasteiger partial charge in [-0.15, -0.1) is 6.58 Å². The summed E-state index contributed by atoms with van der Waals surface area (Å²) in [7, 11) is 1.58. The fraction of sp³-hybridized carbons (Fsp3) is 0.571. The predicted molar refractivity (Wildman–Crippen MR) is 102 cm³/mol. The summed E-state index contributed by atoms with van der Waals surface area (Å²) in [4.78, 5) is 12.2. The van der Waals surface area contributed by atoms with Crippen molar-refractivity contribution in [2.75, 3.05) is 7.11 Å². The average Bonchev–Trinajstić information content (AvgIpc) is 3.14. The Kier molecular flexibility index (Phi) is 6.72. The lowest BCUT2D eigenvalue weighted by molar-refractivity contribution is -0.228. The molecule has 0 radical (unpaired) electrons. The van der Waals surface area contributed by atoms with Gasteiger partial charge in [-0.05, 0) is 32.3 Å². The van der Waals surface area contributed by atoms with Crippen LogP contribution in [-0.2, 0) is 30.3 Å². The summed E-state index contributed by atoms with van der Waals surface area (Å²) >= 11 is 0. The van der Waals surface area contributed by atoms with E-state index in [1.165, 1.54) is 0 Å². The van der Waals surface area contributed by atoms with Gasteiger partial charge in [-0.3, -0.25) is 0 Å². The zero-order chi connectivity index (χ0) is 20.1. The summed E-state index contributed by atoms with van der Waals surface area (Å²) in [6.45, 7) is 7.74. The Balaban J connectivity index is 1.56. The number of fused-ring (bicyclic) bond motifs is 1. The molecule has 2 aliphatic heterocycles. The van der Waals surface area contributed by atoms with Gasteiger partial charge in [0.15, 0.2) is 12.1 Å². The summed E-state index contributed by atoms with van der Waals surface area (Å²) in [6.07, 6.45) is 1.10. The number of hydrogen-bond acceptors (Lipinski definition) is 6. The Morgan fingerprint density at radius 3 is 2.68 bits per heavy atom. The third-order valence-electron chi connectivity index (χ3n) is 4.84. The molecule has 154 valence electrons. The van der Waals surface area contributed by atoms with Crippen molar-refractivity contribution in [2.45, 2.75) is 69.7 Å². The zero-order valence-electron chi connectivity index (χ0n) is 16.6. The molecule has 7 heteroatoms. The van der Waals surface area contributed by atoms with Crippen molar-refractivity contribution in [2.24, 2.45) is 0 Å². The molecule has 28 heavy (non-hydrogen) atoms. The van der Waals surface area contributed by atoms with Crippen molar-refractivity contribution in [3.05, 3.63) is 48.6 Å². The number of carbonyl (C=O) groups excluding carboxylic acids is 1. The van der Waals surface area contributed by atoms with Gasteiger partial charge in [-0.25, -0.2) is 4.79 Å². The van der Waals surface area contributed by atoms with Crippen LogP contribution in [0, 0.1) is 0 Å². The maximum absolute atomic E-state index is 12.2. The molecular formula is C21H29NO6. The fourth-order valence-electron chi connectivity index (χ4n) is 3.65. The lowest BCUT2D eigenvalue weighted by Gasteiger charge is -2.26. The van der Waals surface area contributed by atoms with Crippen molar-refractivity contribution in [1.29, 1.82) is 0 Å². The van der Waals surface area contributed by atoms with Crippen molar-refractivity contribution in [3.63, 3.8) is 0 Å². The Labute approximate surface area is 165 Å². The topological polar surface area (TPSA) is 75.3 Å². The van der Waals surface area contributed by atoms with E-state index in [0.29, 0.717) is 12.8 Å². The number of ether oxygens (including phenoxy) is 5. The number of amides is 1. The minimum Gasteiger partial charge on any atom is -0.445 e. The highest BCUT2D eigenvalue weighted by Gasteiger charge is 2.55. The van der Waals surface area contributed by atoms with Gasteiger partial charge in [0, 0.05) is 13.2 Å². The average molecular weight is 391 g/mol. The van der Waals surface area contributed by atoms with Crippen molar-refractivity contribution in [1.82, 2.24) is 5.32 Å². The van der Waals surface area contributed by atoms with Crippen LogP contribution < -0.4 is 5.32 Å². The van der Waals surface area contributed by atoms with Crippen LogP contribution in [0.2, 0.25) is 0 Å². The predicted octanol–water partition coefficient (Wildman–Crippen LogP) is 3.14. The maximum Gasteiger partial charge on any atom is 0.407 e. The molecule has 0 aliphatic carbocycles. The Morgan fingerprint density at radius 2 is 2.00 bits per heavy atom. The van der Waals surface area contributed by atoms with Crippen molar-refractivity contribution < 1.29 is 28.5 Å². The normalized spacial score (nSPS) is 29.1. The molecule has 3 rings (SSSR count). The van der Waals surface area contributed by atoms with E-state index in [0.717, 1.165) is 5.56 Å². The van der Waals surface area contributed by atoms with E-state index in [9.17, 15) is 4.79 Å². The quantitative estimate of drug-likeness (QED) is 0.686. The number of benzene rings is 1. The van der Waals surface area contributed by atoms with E-state index in [2.05, 4.69) is 11.9 Å². The Morgan fingerprint density at radius 1 is 1.29 bits per heavy atom. The van der Waals surface area contributed by atoms with Crippen LogP contribution in [0.25, 0.3) is 0 Å². The highest BCUT2D eigenvalue weighted by molar-refractivity contribution is 5.67. The highest BCUT2D eigenvalue weighted by atomic mass is 16.8. The van der Waals surface area contributed by atoms with Crippen molar-refractivity contribution >= 4 is 6.09 Å². The van der Waals surface area contributed by atoms with Crippen LogP contribution in [0.4, 0.5) is 4.79 Å². The molecule has 0 aromatic heterocycles. The van der Waals surface area contributed by atoms with Gasteiger partial charge in [-0.2, -0.15) is 0 Å². The summed E-state index contributed by atoms with van der Waals surface area (Å²) in [5.41, 5.74) is 0.932. The molecular weight excluding hydrogens is 362 g/mol. The van der Waals surface area contributed by atoms with Gasteiger partial charge in [0.05, 0.1) is 6.10 Å². The second-order valence-corrected chi connectivity index (χ2v) is 7.51. The standard InChI is InChI=1S/C21H29NO6/c1-5-9-15(22-20(23)25-13-14-10-7-6-8-11-14)12-16-17-18(19(24-4)26-16)28-21(2,3)27-17/h5-8,10-11,15-19H,1,9,12-13H2,2-4H3,(H,22,23)/t15-,16+,17+,18+,19+/m0/s1. The second kappa shape index (κ2) is 9.05. The molecule has 2 heterocycles. The van der Waals surface area contributed by atoms with Gasteiger partial charge in [-0.1, -0.05) is 36.4 Å². The lowest BCUT2D eigenvalue weighted by atomic mass is 10.0. The molecule has 2 fully saturated rings. The van der Waals surface area contributed by atoms with E-state index in [1.54, 1.807) is 13.2 Å². The number of methoxy groups -OCH3 is 1. The molecule has 0 saturated carbocycles. The maximum atomic E-state index is 12.2. The van der Waals surface area contributed by atoms with E-state index >= 15 is 0 Å². The summed E-state index contributed by atoms with van der Waals surface area (Å²) in [6, 6.07) is 9.34. The van der Waals surface area contributed by atoms with E-state index in [-0.39, 0.29) is 31.0 Å². The Hall–Kier alpha value is -1.93. The molecule has 2 saturated heterocycles. The van der Waals surface area contributed by atoms with Crippen LogP contribution in [-0.4, -0.2) is 49.6 Å². The lowest BCUT2D eigenvalue weighted by Crippen LogP contribution is -2.40. The van der Waals surface area contributed by atoms with E-state index in [1.807, 2.05) is 44.2 Å². The third kappa shape index (κ3) is 5.11. The smallest absolute Gasteiger partial charge is 0.407 e.